The van der Waals surface area contributed by atoms with Crippen molar-refractivity contribution in [1.82, 2.24) is 0 Å². The molecule has 0 radical (unpaired) electrons. The topological polar surface area (TPSA) is 26.3 Å². The zero-order valence-corrected chi connectivity index (χ0v) is 10.1. The van der Waals surface area contributed by atoms with E-state index >= 15 is 0 Å². The number of Topliss-reactive ketones (excluding diaryl/α,β-unsaturated/α-hetero) is 1. The number of alkyl halides is 2. The summed E-state index contributed by atoms with van der Waals surface area (Å²) < 4.78 is 17.2. The predicted molar refractivity (Wildman–Crippen MR) is 56.8 cm³/mol. The van der Waals surface area contributed by atoms with Gasteiger partial charge in [-0.05, 0) is 12.1 Å². The molecule has 0 amide bonds. The van der Waals surface area contributed by atoms with Crippen LogP contribution in [0.4, 0.5) is 4.39 Å². The molecule has 74 valence electrons. The molecule has 5 heteroatoms. The molecule has 1 aromatic carbocycles. The number of hydrogen-bond donors (Lipinski definition) is 0. The van der Waals surface area contributed by atoms with Crippen molar-refractivity contribution in [2.75, 3.05) is 6.61 Å². The summed E-state index contributed by atoms with van der Waals surface area (Å²) in [6.07, 6.45) is 0. The second-order valence-corrected chi connectivity index (χ2v) is 6.73. The van der Waals surface area contributed by atoms with Gasteiger partial charge in [0.1, 0.15) is 18.2 Å². The molecule has 0 aliphatic carbocycles. The van der Waals surface area contributed by atoms with E-state index in [2.05, 4.69) is 31.9 Å². The Morgan fingerprint density at radius 2 is 2.14 bits per heavy atom. The fourth-order valence-corrected chi connectivity index (χ4v) is 1.89. The maximum absolute atomic E-state index is 12.8. The first-order valence-electron chi connectivity index (χ1n) is 3.86. The fraction of sp³-hybridized carbons (Fsp3) is 0.222. The highest BCUT2D eigenvalue weighted by Crippen LogP contribution is 2.38. The Kier molecular flexibility index (Phi) is 2.39. The molecule has 0 saturated carbocycles. The van der Waals surface area contributed by atoms with Crippen molar-refractivity contribution in [2.45, 2.75) is 3.23 Å². The summed E-state index contributed by atoms with van der Waals surface area (Å²) in [7, 11) is 0. The van der Waals surface area contributed by atoms with Gasteiger partial charge in [-0.15, -0.1) is 0 Å². The van der Waals surface area contributed by atoms with Crippen molar-refractivity contribution < 1.29 is 13.9 Å². The highest BCUT2D eigenvalue weighted by Gasteiger charge is 2.39. The number of ether oxygens (including phenoxy) is 1. The van der Waals surface area contributed by atoms with Crippen LogP contribution in [-0.2, 0) is 0 Å². The molecule has 1 aromatic rings. The van der Waals surface area contributed by atoms with Crippen LogP contribution in [0.5, 0.6) is 5.75 Å². The summed E-state index contributed by atoms with van der Waals surface area (Å²) in [5.41, 5.74) is 0.381. The van der Waals surface area contributed by atoms with E-state index in [9.17, 15) is 9.18 Å². The molecule has 0 N–H and O–H groups in total. The molecule has 0 unspecified atom stereocenters. The Labute approximate surface area is 96.7 Å². The van der Waals surface area contributed by atoms with Crippen LogP contribution in [0.2, 0.25) is 0 Å². The smallest absolute Gasteiger partial charge is 0.197 e. The van der Waals surface area contributed by atoms with Crippen LogP contribution in [0.25, 0.3) is 0 Å². The highest BCUT2D eigenvalue weighted by molar-refractivity contribution is 9.26. The predicted octanol–water partition coefficient (Wildman–Crippen LogP) is 2.89. The van der Waals surface area contributed by atoms with Crippen molar-refractivity contribution >= 4 is 37.6 Å². The van der Waals surface area contributed by atoms with E-state index in [0.717, 1.165) is 0 Å². The zero-order chi connectivity index (χ0) is 10.3. The number of fused-ring (bicyclic) bond motifs is 1. The van der Waals surface area contributed by atoms with Gasteiger partial charge in [-0.25, -0.2) is 4.39 Å². The second kappa shape index (κ2) is 3.31. The minimum Gasteiger partial charge on any atom is -0.490 e. The molecule has 0 spiro atoms. The number of ketones is 1. The Morgan fingerprint density at radius 3 is 2.86 bits per heavy atom. The van der Waals surface area contributed by atoms with E-state index in [0.29, 0.717) is 11.3 Å². The van der Waals surface area contributed by atoms with Crippen molar-refractivity contribution in [2.24, 2.45) is 0 Å². The number of rotatable bonds is 0. The monoisotopic (exact) mass is 322 g/mol. The first kappa shape index (κ1) is 10.1. The van der Waals surface area contributed by atoms with Crippen LogP contribution < -0.4 is 4.74 Å². The van der Waals surface area contributed by atoms with Gasteiger partial charge in [0.15, 0.2) is 9.02 Å². The van der Waals surface area contributed by atoms with Crippen LogP contribution in [0.3, 0.4) is 0 Å². The van der Waals surface area contributed by atoms with Crippen LogP contribution in [0.1, 0.15) is 10.4 Å². The third-order valence-electron chi connectivity index (χ3n) is 1.93. The Hall–Kier alpha value is -0.420. The van der Waals surface area contributed by atoms with Gasteiger partial charge >= 0.3 is 0 Å². The SMILES string of the molecule is O=C1c2ccc(F)cc2OCC1(Br)Br. The Balaban J connectivity index is 2.52. The van der Waals surface area contributed by atoms with Gasteiger partial charge in [0, 0.05) is 6.07 Å². The lowest BCUT2D eigenvalue weighted by Crippen LogP contribution is -2.36. The third-order valence-corrected chi connectivity index (χ3v) is 3.11. The summed E-state index contributed by atoms with van der Waals surface area (Å²) in [5, 5.41) is 0. The van der Waals surface area contributed by atoms with Crippen LogP contribution in [0.15, 0.2) is 18.2 Å². The molecular weight excluding hydrogens is 319 g/mol. The Morgan fingerprint density at radius 1 is 1.43 bits per heavy atom. The number of hydrogen-bond acceptors (Lipinski definition) is 2. The third kappa shape index (κ3) is 1.59. The summed E-state index contributed by atoms with van der Waals surface area (Å²) in [4.78, 5) is 11.8. The lowest BCUT2D eigenvalue weighted by Gasteiger charge is -2.26. The molecule has 1 aliphatic rings. The number of halogens is 3. The minimum absolute atomic E-state index is 0.141. The molecule has 0 saturated heterocycles. The summed E-state index contributed by atoms with van der Waals surface area (Å²) in [6.45, 7) is 0.141. The Bertz CT molecular complexity index is 404. The lowest BCUT2D eigenvalue weighted by atomic mass is 10.1. The van der Waals surface area contributed by atoms with Gasteiger partial charge in [0.05, 0.1) is 5.56 Å². The number of benzene rings is 1. The molecule has 0 aromatic heterocycles. The van der Waals surface area contributed by atoms with E-state index in [1.807, 2.05) is 0 Å². The zero-order valence-electron chi connectivity index (χ0n) is 6.89. The molecule has 0 atom stereocenters. The molecule has 0 fully saturated rings. The first-order chi connectivity index (χ1) is 6.50. The van der Waals surface area contributed by atoms with E-state index in [-0.39, 0.29) is 12.4 Å². The average Bonchev–Trinajstić information content (AvgIpc) is 2.12. The van der Waals surface area contributed by atoms with E-state index in [1.54, 1.807) is 0 Å². The van der Waals surface area contributed by atoms with Gasteiger partial charge in [-0.2, -0.15) is 0 Å². The summed E-state index contributed by atoms with van der Waals surface area (Å²) in [5.74, 6) is -0.267. The molecule has 0 bridgehead atoms. The summed E-state index contributed by atoms with van der Waals surface area (Å²) in [6, 6.07) is 3.87. The minimum atomic E-state index is -0.884. The quantitative estimate of drug-likeness (QED) is 0.686. The van der Waals surface area contributed by atoms with Crippen LogP contribution >= 0.6 is 31.9 Å². The number of carbonyl (C=O) groups is 1. The molecular formula is C9H5Br2FO2. The van der Waals surface area contributed by atoms with Crippen LogP contribution in [-0.4, -0.2) is 15.6 Å². The molecule has 1 aliphatic heterocycles. The van der Waals surface area contributed by atoms with Crippen molar-refractivity contribution in [3.8, 4) is 5.75 Å². The second-order valence-electron chi connectivity index (χ2n) is 2.96. The van der Waals surface area contributed by atoms with Gasteiger partial charge < -0.3 is 4.74 Å². The lowest BCUT2D eigenvalue weighted by molar-refractivity contribution is 0.0933. The number of carbonyl (C=O) groups excluding carboxylic acids is 1. The molecule has 2 rings (SSSR count). The maximum Gasteiger partial charge on any atom is 0.197 e. The summed E-state index contributed by atoms with van der Waals surface area (Å²) >= 11 is 6.39. The van der Waals surface area contributed by atoms with E-state index in [1.165, 1.54) is 18.2 Å². The van der Waals surface area contributed by atoms with Crippen LogP contribution in [0, 0.1) is 5.82 Å². The largest absolute Gasteiger partial charge is 0.490 e. The van der Waals surface area contributed by atoms with Gasteiger partial charge in [0.2, 0.25) is 0 Å². The fourth-order valence-electron chi connectivity index (χ4n) is 1.23. The molecule has 2 nitrogen and oxygen atoms in total. The normalized spacial score (nSPS) is 18.6. The van der Waals surface area contributed by atoms with Crippen molar-refractivity contribution in [1.29, 1.82) is 0 Å². The highest BCUT2D eigenvalue weighted by atomic mass is 79.9. The van der Waals surface area contributed by atoms with E-state index < -0.39 is 9.05 Å². The van der Waals surface area contributed by atoms with Crippen molar-refractivity contribution in [3.05, 3.63) is 29.6 Å². The molecule has 14 heavy (non-hydrogen) atoms. The first-order valence-corrected chi connectivity index (χ1v) is 5.44. The van der Waals surface area contributed by atoms with Gasteiger partial charge in [-0.1, -0.05) is 31.9 Å². The van der Waals surface area contributed by atoms with Gasteiger partial charge in [-0.3, -0.25) is 4.79 Å². The van der Waals surface area contributed by atoms with Gasteiger partial charge in [0.25, 0.3) is 0 Å². The van der Waals surface area contributed by atoms with Crippen molar-refractivity contribution in [3.63, 3.8) is 0 Å². The average molecular weight is 324 g/mol. The standard InChI is InChI=1S/C9H5Br2FO2/c10-9(11)4-14-7-3-5(12)1-2-6(7)8(9)13/h1-3H,4H2. The molecule has 1 heterocycles. The van der Waals surface area contributed by atoms with E-state index in [4.69, 9.17) is 4.74 Å². The maximum atomic E-state index is 12.8.